The van der Waals surface area contributed by atoms with Crippen molar-refractivity contribution in [3.05, 3.63) is 89.0 Å². The third kappa shape index (κ3) is 6.34. The Bertz CT molecular complexity index is 1080. The molecule has 0 amide bonds. The molecule has 0 fully saturated rings. The fourth-order valence-electron chi connectivity index (χ4n) is 4.01. The molecule has 1 aliphatic rings. The lowest BCUT2D eigenvalue weighted by Gasteiger charge is -2.18. The van der Waals surface area contributed by atoms with Crippen LogP contribution >= 0.6 is 11.6 Å². The van der Waals surface area contributed by atoms with Gasteiger partial charge in [0.15, 0.2) is 0 Å². The molecule has 180 valence electrons. The minimum absolute atomic E-state index is 0.245. The number of halogens is 1. The number of alkyl halides is 1. The highest BCUT2D eigenvalue weighted by atomic mass is 35.5. The van der Waals surface area contributed by atoms with Crippen molar-refractivity contribution in [3.63, 3.8) is 0 Å². The van der Waals surface area contributed by atoms with Crippen LogP contribution in [0.25, 0.3) is 11.1 Å². The van der Waals surface area contributed by atoms with Gasteiger partial charge in [0.2, 0.25) is 0 Å². The van der Waals surface area contributed by atoms with Crippen LogP contribution in [0, 0.1) is 0 Å². The smallest absolute Gasteiger partial charge is 0.122 e. The van der Waals surface area contributed by atoms with E-state index in [9.17, 15) is 5.11 Å². The number of fused-ring (bicyclic) bond motifs is 1. The van der Waals surface area contributed by atoms with E-state index >= 15 is 0 Å². The second-order valence-electron chi connectivity index (χ2n) is 7.74. The number of nitrogens with one attached hydrogen (secondary N) is 1. The molecule has 0 saturated heterocycles. The third-order valence-corrected chi connectivity index (χ3v) is 5.79. The number of aromatic hydroxyl groups is 1. The van der Waals surface area contributed by atoms with E-state index in [-0.39, 0.29) is 5.75 Å². The molecule has 0 bridgehead atoms. The van der Waals surface area contributed by atoms with E-state index in [1.165, 1.54) is 11.1 Å². The van der Waals surface area contributed by atoms with E-state index in [1.807, 2.05) is 45.2 Å². The van der Waals surface area contributed by atoms with Crippen molar-refractivity contribution in [1.82, 2.24) is 5.32 Å². The van der Waals surface area contributed by atoms with Crippen LogP contribution in [-0.4, -0.2) is 37.8 Å². The third-order valence-electron chi connectivity index (χ3n) is 5.60. The van der Waals surface area contributed by atoms with Crippen molar-refractivity contribution in [3.8, 4) is 17.2 Å². The summed E-state index contributed by atoms with van der Waals surface area (Å²) < 4.78 is 11.5. The second kappa shape index (κ2) is 13.1. The Labute approximate surface area is 208 Å². The van der Waals surface area contributed by atoms with E-state index in [0.717, 1.165) is 59.8 Å². The van der Waals surface area contributed by atoms with E-state index in [4.69, 9.17) is 21.1 Å². The van der Waals surface area contributed by atoms with Crippen molar-refractivity contribution in [2.45, 2.75) is 26.7 Å². The zero-order chi connectivity index (χ0) is 24.3. The van der Waals surface area contributed by atoms with Crippen molar-refractivity contribution >= 4 is 22.7 Å². The van der Waals surface area contributed by atoms with E-state index < -0.39 is 0 Å². The lowest BCUT2D eigenvalue weighted by atomic mass is 9.87. The van der Waals surface area contributed by atoms with Gasteiger partial charge in [0, 0.05) is 18.8 Å². The molecule has 0 unspecified atom stereocenters. The Balaban J connectivity index is 0.00000158. The molecule has 0 aliphatic carbocycles. The Kier molecular flexibility index (Phi) is 9.87. The lowest BCUT2D eigenvalue weighted by Crippen LogP contribution is -2.15. The van der Waals surface area contributed by atoms with Crippen molar-refractivity contribution in [1.29, 1.82) is 0 Å². The van der Waals surface area contributed by atoms with Crippen LogP contribution in [0.2, 0.25) is 0 Å². The molecule has 5 heteroatoms. The first-order chi connectivity index (χ1) is 16.7. The maximum atomic E-state index is 9.84. The summed E-state index contributed by atoms with van der Waals surface area (Å²) in [6.45, 7) is 6.14. The highest BCUT2D eigenvalue weighted by Crippen LogP contribution is 2.38. The zero-order valence-corrected chi connectivity index (χ0v) is 21.0. The number of rotatable bonds is 9. The molecule has 1 heterocycles. The van der Waals surface area contributed by atoms with Gasteiger partial charge in [-0.05, 0) is 83.3 Å². The maximum Gasteiger partial charge on any atom is 0.122 e. The minimum Gasteiger partial charge on any atom is -0.508 e. The number of hydrogen-bond acceptors (Lipinski definition) is 4. The summed E-state index contributed by atoms with van der Waals surface area (Å²) in [5.74, 6) is 2.56. The van der Waals surface area contributed by atoms with Crippen molar-refractivity contribution < 1.29 is 14.6 Å². The Morgan fingerprint density at radius 2 is 1.62 bits per heavy atom. The number of hydrogen-bond donors (Lipinski definition) is 2. The quantitative estimate of drug-likeness (QED) is 0.208. The molecule has 34 heavy (non-hydrogen) atoms. The number of allylic oxidation sites excluding steroid dienone is 1. The van der Waals surface area contributed by atoms with Crippen LogP contribution in [0.4, 0.5) is 0 Å². The van der Waals surface area contributed by atoms with E-state index in [1.54, 1.807) is 12.1 Å². The first-order valence-corrected chi connectivity index (χ1v) is 12.5. The monoisotopic (exact) mass is 479 g/mol. The molecule has 4 nitrogen and oxygen atoms in total. The Hall–Kier alpha value is -2.95. The molecule has 0 radical (unpaired) electrons. The Morgan fingerprint density at radius 1 is 0.971 bits per heavy atom. The highest BCUT2D eigenvalue weighted by molar-refractivity contribution is 6.18. The molecule has 0 atom stereocenters. The molecule has 3 aromatic rings. The summed E-state index contributed by atoms with van der Waals surface area (Å²) in [5, 5.41) is 12.9. The average Bonchev–Trinajstić information content (AvgIpc) is 3.35. The van der Waals surface area contributed by atoms with Gasteiger partial charge in [-0.3, -0.25) is 0 Å². The predicted octanol–water partition coefficient (Wildman–Crippen LogP) is 6.54. The van der Waals surface area contributed by atoms with Crippen LogP contribution in [0.5, 0.6) is 17.2 Å². The van der Waals surface area contributed by atoms with Gasteiger partial charge in [-0.2, -0.15) is 0 Å². The summed E-state index contributed by atoms with van der Waals surface area (Å²) in [7, 11) is 1.91. The fraction of sp³-hybridized carbons (Fsp3) is 0.310. The normalized spacial score (nSPS) is 12.7. The predicted molar refractivity (Wildman–Crippen MR) is 142 cm³/mol. The van der Waals surface area contributed by atoms with E-state index in [0.29, 0.717) is 12.5 Å². The van der Waals surface area contributed by atoms with Gasteiger partial charge in [0.05, 0.1) is 6.61 Å². The lowest BCUT2D eigenvalue weighted by molar-refractivity contribution is 0.318. The largest absolute Gasteiger partial charge is 0.508 e. The molecular formula is C29H34ClNO3. The van der Waals surface area contributed by atoms with Gasteiger partial charge >= 0.3 is 0 Å². The molecule has 0 saturated carbocycles. The SMILES string of the molecule is CC.CNCCOc1ccc(/C(=C(/CCCl)c2ccc3c(c2)CCO3)c2ccc(O)cc2)cc1. The van der Waals surface area contributed by atoms with Crippen LogP contribution in [0.3, 0.4) is 0 Å². The zero-order valence-electron chi connectivity index (χ0n) is 20.2. The Morgan fingerprint density at radius 3 is 2.26 bits per heavy atom. The summed E-state index contributed by atoms with van der Waals surface area (Å²) >= 11 is 6.28. The number of phenolic OH excluding ortho intramolecular Hbond substituents is 1. The summed E-state index contributed by atoms with van der Waals surface area (Å²) in [5.41, 5.74) is 6.76. The number of likely N-dealkylation sites (N-methyl/N-ethyl adjacent to an activating group) is 1. The van der Waals surface area contributed by atoms with Crippen LogP contribution in [0.15, 0.2) is 66.7 Å². The maximum absolute atomic E-state index is 9.84. The molecule has 0 spiro atoms. The topological polar surface area (TPSA) is 50.7 Å². The van der Waals surface area contributed by atoms with Crippen molar-refractivity contribution in [2.24, 2.45) is 0 Å². The summed E-state index contributed by atoms with van der Waals surface area (Å²) in [6, 6.07) is 21.9. The van der Waals surface area contributed by atoms with Gasteiger partial charge in [0.1, 0.15) is 23.9 Å². The average molecular weight is 480 g/mol. The molecule has 1 aliphatic heterocycles. The summed E-state index contributed by atoms with van der Waals surface area (Å²) in [6.07, 6.45) is 1.64. The van der Waals surface area contributed by atoms with Gasteiger partial charge in [0.25, 0.3) is 0 Å². The van der Waals surface area contributed by atoms with Crippen LogP contribution in [-0.2, 0) is 6.42 Å². The molecule has 4 rings (SSSR count). The van der Waals surface area contributed by atoms with E-state index in [2.05, 4.69) is 35.6 Å². The van der Waals surface area contributed by atoms with Gasteiger partial charge in [-0.1, -0.05) is 44.2 Å². The minimum atomic E-state index is 0.245. The van der Waals surface area contributed by atoms with Gasteiger partial charge < -0.3 is 19.9 Å². The molecular weight excluding hydrogens is 446 g/mol. The fourth-order valence-corrected chi connectivity index (χ4v) is 4.20. The molecule has 3 aromatic carbocycles. The standard InChI is InChI=1S/C27H28ClNO3.C2H6/c1-29-15-17-31-24-9-4-20(5-10-24)27(19-2-7-23(30)8-3-19)25(12-14-28)21-6-11-26-22(18-21)13-16-32-26;1-2/h2-11,18,29-30H,12-17H2,1H3;1-2H3/b27-25-;. The molecule has 2 N–H and O–H groups in total. The van der Waals surface area contributed by atoms with Gasteiger partial charge in [-0.25, -0.2) is 0 Å². The number of ether oxygens (including phenoxy) is 2. The first kappa shape index (κ1) is 25.7. The van der Waals surface area contributed by atoms with Crippen molar-refractivity contribution in [2.75, 3.05) is 32.7 Å². The number of benzene rings is 3. The van der Waals surface area contributed by atoms with Crippen LogP contribution in [0.1, 0.15) is 42.5 Å². The molecule has 0 aromatic heterocycles. The second-order valence-corrected chi connectivity index (χ2v) is 8.11. The first-order valence-electron chi connectivity index (χ1n) is 11.9. The van der Waals surface area contributed by atoms with Crippen LogP contribution < -0.4 is 14.8 Å². The summed E-state index contributed by atoms with van der Waals surface area (Å²) in [4.78, 5) is 0. The number of phenols is 1. The van der Waals surface area contributed by atoms with Gasteiger partial charge in [-0.15, -0.1) is 11.6 Å². The highest BCUT2D eigenvalue weighted by Gasteiger charge is 2.18.